The summed E-state index contributed by atoms with van der Waals surface area (Å²) in [5.41, 5.74) is 0.220. The van der Waals surface area contributed by atoms with E-state index in [0.29, 0.717) is 5.92 Å². The predicted octanol–water partition coefficient (Wildman–Crippen LogP) is 1.90. The fourth-order valence-corrected chi connectivity index (χ4v) is 2.40. The van der Waals surface area contributed by atoms with Crippen LogP contribution in [-0.4, -0.2) is 36.7 Å². The van der Waals surface area contributed by atoms with Gasteiger partial charge >= 0.3 is 0 Å². The van der Waals surface area contributed by atoms with Gasteiger partial charge < -0.3 is 4.74 Å². The molecule has 84 valence electrons. The fourth-order valence-electron chi connectivity index (χ4n) is 2.40. The topological polar surface area (TPSA) is 12.5 Å². The van der Waals surface area contributed by atoms with Crippen LogP contribution in [0.3, 0.4) is 0 Å². The largest absolute Gasteiger partial charge is 0.372 e. The molecule has 2 heteroatoms. The summed E-state index contributed by atoms with van der Waals surface area (Å²) in [4.78, 5) is 2.39. The van der Waals surface area contributed by atoms with Gasteiger partial charge in [-0.25, -0.2) is 0 Å². The van der Waals surface area contributed by atoms with Crippen molar-refractivity contribution >= 4 is 0 Å². The zero-order valence-corrected chi connectivity index (χ0v) is 9.88. The second kappa shape index (κ2) is 4.55. The summed E-state index contributed by atoms with van der Waals surface area (Å²) in [7, 11) is 0. The second-order valence-electron chi connectivity index (χ2n) is 5.11. The van der Waals surface area contributed by atoms with Gasteiger partial charge in [0, 0.05) is 25.6 Å². The molecule has 2 rings (SSSR count). The van der Waals surface area contributed by atoms with Crippen LogP contribution in [0.5, 0.6) is 0 Å². The Hall–Kier alpha value is -0.520. The normalized spacial score (nSPS) is 24.7. The maximum Gasteiger partial charge on any atom is 0.0935 e. The van der Waals surface area contributed by atoms with E-state index in [1.54, 1.807) is 0 Å². The third-order valence-corrected chi connectivity index (χ3v) is 3.15. The molecule has 0 aliphatic carbocycles. The van der Waals surface area contributed by atoms with E-state index in [2.05, 4.69) is 30.6 Å². The fraction of sp³-hybridized carbons (Fsp3) is 0.846. The monoisotopic (exact) mass is 207 g/mol. The Kier molecular flexibility index (Phi) is 3.33. The minimum absolute atomic E-state index is 0.220. The lowest BCUT2D eigenvalue weighted by molar-refractivity contribution is -0.162. The highest BCUT2D eigenvalue weighted by Gasteiger charge is 2.44. The predicted molar refractivity (Wildman–Crippen MR) is 61.6 cm³/mol. The Bertz CT molecular complexity index is 260. The molecule has 2 fully saturated rings. The Labute approximate surface area is 93.0 Å². The highest BCUT2D eigenvalue weighted by atomic mass is 16.5. The number of hydrogen-bond acceptors (Lipinski definition) is 2. The molecule has 0 aromatic heterocycles. The third-order valence-electron chi connectivity index (χ3n) is 3.15. The van der Waals surface area contributed by atoms with Crippen molar-refractivity contribution in [1.82, 2.24) is 4.90 Å². The molecular weight excluding hydrogens is 186 g/mol. The maximum atomic E-state index is 5.87. The van der Waals surface area contributed by atoms with E-state index in [-0.39, 0.29) is 5.60 Å². The van der Waals surface area contributed by atoms with E-state index in [0.717, 1.165) is 26.2 Å². The smallest absolute Gasteiger partial charge is 0.0935 e. The standard InChI is InChI=1S/C13H21NO/c1-12(2)6-5-8-14-10-13(11-14)7-3-4-9-15-13/h12H,3-4,7-11H2,1-2H3. The van der Waals surface area contributed by atoms with Crippen molar-refractivity contribution in [3.05, 3.63) is 0 Å². The van der Waals surface area contributed by atoms with E-state index in [1.807, 2.05) is 0 Å². The summed E-state index contributed by atoms with van der Waals surface area (Å²) >= 11 is 0. The van der Waals surface area contributed by atoms with Gasteiger partial charge in [-0.05, 0) is 19.3 Å². The summed E-state index contributed by atoms with van der Waals surface area (Å²) in [6.07, 6.45) is 3.83. The molecule has 2 aliphatic rings. The molecule has 15 heavy (non-hydrogen) atoms. The van der Waals surface area contributed by atoms with E-state index >= 15 is 0 Å². The molecule has 0 aromatic carbocycles. The van der Waals surface area contributed by atoms with Crippen LogP contribution in [0.4, 0.5) is 0 Å². The zero-order chi connectivity index (χ0) is 10.7. The van der Waals surface area contributed by atoms with Gasteiger partial charge in [-0.2, -0.15) is 0 Å². The van der Waals surface area contributed by atoms with E-state index in [9.17, 15) is 0 Å². The lowest BCUT2D eigenvalue weighted by Crippen LogP contribution is -2.64. The molecule has 2 heterocycles. The average molecular weight is 207 g/mol. The van der Waals surface area contributed by atoms with Crippen LogP contribution in [0.15, 0.2) is 0 Å². The molecule has 0 saturated carbocycles. The van der Waals surface area contributed by atoms with Crippen LogP contribution >= 0.6 is 0 Å². The molecule has 0 unspecified atom stereocenters. The van der Waals surface area contributed by atoms with Gasteiger partial charge in [-0.15, -0.1) is 0 Å². The first-order valence-corrected chi connectivity index (χ1v) is 6.05. The Balaban J connectivity index is 1.71. The number of likely N-dealkylation sites (tertiary alicyclic amines) is 1. The van der Waals surface area contributed by atoms with Crippen LogP contribution in [0, 0.1) is 17.8 Å². The molecule has 0 amide bonds. The van der Waals surface area contributed by atoms with Gasteiger partial charge in [0.2, 0.25) is 0 Å². The van der Waals surface area contributed by atoms with Crippen molar-refractivity contribution in [1.29, 1.82) is 0 Å². The van der Waals surface area contributed by atoms with Crippen LogP contribution in [-0.2, 0) is 4.74 Å². The van der Waals surface area contributed by atoms with Crippen molar-refractivity contribution in [2.45, 2.75) is 38.7 Å². The minimum Gasteiger partial charge on any atom is -0.372 e. The number of ether oxygens (including phenoxy) is 1. The van der Waals surface area contributed by atoms with Crippen molar-refractivity contribution in [2.24, 2.45) is 5.92 Å². The first-order valence-electron chi connectivity index (χ1n) is 6.05. The highest BCUT2D eigenvalue weighted by Crippen LogP contribution is 2.33. The van der Waals surface area contributed by atoms with Gasteiger partial charge in [0.05, 0.1) is 12.1 Å². The Morgan fingerprint density at radius 2 is 2.13 bits per heavy atom. The minimum atomic E-state index is 0.220. The first kappa shape index (κ1) is 11.0. The van der Waals surface area contributed by atoms with Crippen LogP contribution in [0.2, 0.25) is 0 Å². The second-order valence-corrected chi connectivity index (χ2v) is 5.11. The molecular formula is C13H21NO. The maximum absolute atomic E-state index is 5.87. The molecule has 2 nitrogen and oxygen atoms in total. The molecule has 2 saturated heterocycles. The number of hydrogen-bond donors (Lipinski definition) is 0. The van der Waals surface area contributed by atoms with Crippen molar-refractivity contribution < 1.29 is 4.74 Å². The molecule has 1 spiro atoms. The number of rotatable bonds is 1. The van der Waals surface area contributed by atoms with Crippen molar-refractivity contribution in [3.8, 4) is 11.8 Å². The Morgan fingerprint density at radius 3 is 2.73 bits per heavy atom. The third kappa shape index (κ3) is 2.74. The van der Waals surface area contributed by atoms with E-state index < -0.39 is 0 Å². The van der Waals surface area contributed by atoms with Crippen LogP contribution in [0.25, 0.3) is 0 Å². The van der Waals surface area contributed by atoms with Crippen LogP contribution < -0.4 is 0 Å². The average Bonchev–Trinajstić information content (AvgIpc) is 2.16. The quantitative estimate of drug-likeness (QED) is 0.609. The molecule has 0 aromatic rings. The lowest BCUT2D eigenvalue weighted by Gasteiger charge is -2.51. The summed E-state index contributed by atoms with van der Waals surface area (Å²) < 4.78 is 5.87. The van der Waals surface area contributed by atoms with Gasteiger partial charge in [0.1, 0.15) is 0 Å². The van der Waals surface area contributed by atoms with Gasteiger partial charge in [0.15, 0.2) is 0 Å². The molecule has 2 aliphatic heterocycles. The SMILES string of the molecule is CC(C)C#CCN1CC2(CCCCO2)C1. The van der Waals surface area contributed by atoms with Gasteiger partial charge in [0.25, 0.3) is 0 Å². The van der Waals surface area contributed by atoms with Crippen LogP contribution in [0.1, 0.15) is 33.1 Å². The lowest BCUT2D eigenvalue weighted by atomic mass is 9.86. The first-order chi connectivity index (χ1) is 7.20. The van der Waals surface area contributed by atoms with Crippen molar-refractivity contribution in [3.63, 3.8) is 0 Å². The molecule has 0 bridgehead atoms. The van der Waals surface area contributed by atoms with Gasteiger partial charge in [-0.1, -0.05) is 25.7 Å². The molecule has 0 N–H and O–H groups in total. The number of nitrogens with zero attached hydrogens (tertiary/aromatic N) is 1. The summed E-state index contributed by atoms with van der Waals surface area (Å²) in [5, 5.41) is 0. The Morgan fingerprint density at radius 1 is 1.33 bits per heavy atom. The summed E-state index contributed by atoms with van der Waals surface area (Å²) in [6, 6.07) is 0. The highest BCUT2D eigenvalue weighted by molar-refractivity contribution is 5.08. The molecule has 0 radical (unpaired) electrons. The van der Waals surface area contributed by atoms with Gasteiger partial charge in [-0.3, -0.25) is 4.90 Å². The summed E-state index contributed by atoms with van der Waals surface area (Å²) in [5.74, 6) is 6.92. The zero-order valence-electron chi connectivity index (χ0n) is 9.88. The molecule has 0 atom stereocenters. The van der Waals surface area contributed by atoms with E-state index in [1.165, 1.54) is 19.3 Å². The van der Waals surface area contributed by atoms with Crippen molar-refractivity contribution in [2.75, 3.05) is 26.2 Å². The van der Waals surface area contributed by atoms with E-state index in [4.69, 9.17) is 4.74 Å². The summed E-state index contributed by atoms with van der Waals surface area (Å²) in [6.45, 7) is 8.35.